The first-order valence-corrected chi connectivity index (χ1v) is 8.70. The summed E-state index contributed by atoms with van der Waals surface area (Å²) in [6.45, 7) is 6.54. The van der Waals surface area contributed by atoms with Crippen molar-refractivity contribution >= 4 is 11.8 Å². The number of carbonyl (C=O) groups is 2. The third kappa shape index (κ3) is 2.92. The van der Waals surface area contributed by atoms with Crippen molar-refractivity contribution in [1.29, 1.82) is 0 Å². The van der Waals surface area contributed by atoms with Crippen LogP contribution in [0.4, 0.5) is 0 Å². The smallest absolute Gasteiger partial charge is 0.257 e. The summed E-state index contributed by atoms with van der Waals surface area (Å²) in [4.78, 5) is 29.2. The minimum absolute atomic E-state index is 0.00141. The highest BCUT2D eigenvalue weighted by molar-refractivity contribution is 5.96. The van der Waals surface area contributed by atoms with E-state index in [9.17, 15) is 9.59 Å². The standard InChI is InChI=1S/C17H26N4O3/c1-4-21-11-14(13(2)18-21)15(22)20-9-10-24-17(12-20)7-5-6-8-19(3)16(17)23/h11H,4-10,12H2,1-3H3. The second kappa shape index (κ2) is 6.55. The van der Waals surface area contributed by atoms with Gasteiger partial charge in [-0.3, -0.25) is 14.3 Å². The molecule has 2 aliphatic rings. The molecule has 0 radical (unpaired) electrons. The molecule has 1 atom stereocenters. The lowest BCUT2D eigenvalue weighted by Crippen LogP contribution is -2.60. The van der Waals surface area contributed by atoms with Crippen LogP contribution in [0.3, 0.4) is 0 Å². The summed E-state index contributed by atoms with van der Waals surface area (Å²) in [6.07, 6.45) is 4.38. The van der Waals surface area contributed by atoms with Gasteiger partial charge < -0.3 is 14.5 Å². The van der Waals surface area contributed by atoms with E-state index >= 15 is 0 Å². The van der Waals surface area contributed by atoms with Crippen molar-refractivity contribution in [2.24, 2.45) is 0 Å². The minimum atomic E-state index is -0.881. The van der Waals surface area contributed by atoms with Crippen molar-refractivity contribution in [3.05, 3.63) is 17.5 Å². The monoisotopic (exact) mass is 334 g/mol. The van der Waals surface area contributed by atoms with Crippen LogP contribution < -0.4 is 0 Å². The second-order valence-electron chi connectivity index (χ2n) is 6.74. The van der Waals surface area contributed by atoms with Crippen LogP contribution in [0.2, 0.25) is 0 Å². The summed E-state index contributed by atoms with van der Waals surface area (Å²) >= 11 is 0. The Kier molecular flexibility index (Phi) is 4.62. The molecule has 0 aliphatic carbocycles. The molecule has 2 amide bonds. The maximum absolute atomic E-state index is 12.9. The van der Waals surface area contributed by atoms with Crippen LogP contribution in [-0.4, -0.2) is 70.3 Å². The molecule has 0 bridgehead atoms. The van der Waals surface area contributed by atoms with Gasteiger partial charge in [-0.25, -0.2) is 0 Å². The zero-order valence-electron chi connectivity index (χ0n) is 14.7. The lowest BCUT2D eigenvalue weighted by atomic mass is 9.94. The number of likely N-dealkylation sites (tertiary alicyclic amines) is 1. The normalized spacial score (nSPS) is 25.2. The molecule has 2 saturated heterocycles. The average molecular weight is 334 g/mol. The SMILES string of the molecule is CCn1cc(C(=O)N2CCOC3(CCCCN(C)C3=O)C2)c(C)n1. The quantitative estimate of drug-likeness (QED) is 0.811. The average Bonchev–Trinajstić information content (AvgIpc) is 2.92. The summed E-state index contributed by atoms with van der Waals surface area (Å²) in [6, 6.07) is 0. The number of aromatic nitrogens is 2. The topological polar surface area (TPSA) is 67.7 Å². The summed E-state index contributed by atoms with van der Waals surface area (Å²) in [7, 11) is 1.81. The van der Waals surface area contributed by atoms with Gasteiger partial charge >= 0.3 is 0 Å². The lowest BCUT2D eigenvalue weighted by molar-refractivity contribution is -0.166. The minimum Gasteiger partial charge on any atom is -0.361 e. The van der Waals surface area contributed by atoms with Crippen molar-refractivity contribution in [2.45, 2.75) is 45.3 Å². The van der Waals surface area contributed by atoms with Gasteiger partial charge in [0, 0.05) is 32.9 Å². The van der Waals surface area contributed by atoms with Crippen molar-refractivity contribution in [2.75, 3.05) is 33.3 Å². The van der Waals surface area contributed by atoms with E-state index in [2.05, 4.69) is 5.10 Å². The van der Waals surface area contributed by atoms with Gasteiger partial charge in [-0.2, -0.15) is 5.10 Å². The number of aryl methyl sites for hydroxylation is 2. The molecular weight excluding hydrogens is 308 g/mol. The molecular formula is C17H26N4O3. The summed E-state index contributed by atoms with van der Waals surface area (Å²) in [5.74, 6) is -0.0620. The zero-order chi connectivity index (χ0) is 17.3. The fourth-order valence-electron chi connectivity index (χ4n) is 3.61. The van der Waals surface area contributed by atoms with Crippen molar-refractivity contribution in [1.82, 2.24) is 19.6 Å². The zero-order valence-corrected chi connectivity index (χ0v) is 14.7. The first-order valence-electron chi connectivity index (χ1n) is 8.70. The van der Waals surface area contributed by atoms with E-state index in [4.69, 9.17) is 4.74 Å². The Morgan fingerprint density at radius 1 is 1.38 bits per heavy atom. The molecule has 3 rings (SSSR count). The number of hydrogen-bond acceptors (Lipinski definition) is 4. The Bertz CT molecular complexity index is 642. The van der Waals surface area contributed by atoms with Gasteiger partial charge in [0.15, 0.2) is 5.60 Å². The van der Waals surface area contributed by atoms with Crippen molar-refractivity contribution in [3.63, 3.8) is 0 Å². The van der Waals surface area contributed by atoms with Gasteiger partial charge in [-0.1, -0.05) is 0 Å². The number of rotatable bonds is 2. The number of carbonyl (C=O) groups excluding carboxylic acids is 2. The Hall–Kier alpha value is -1.89. The van der Waals surface area contributed by atoms with E-state index in [0.29, 0.717) is 31.7 Å². The Balaban J connectivity index is 1.83. The van der Waals surface area contributed by atoms with E-state index < -0.39 is 5.60 Å². The third-order valence-electron chi connectivity index (χ3n) is 5.03. The molecule has 1 spiro atoms. The first-order chi connectivity index (χ1) is 11.5. The van der Waals surface area contributed by atoms with E-state index in [1.54, 1.807) is 20.7 Å². The Morgan fingerprint density at radius 2 is 2.17 bits per heavy atom. The van der Waals surface area contributed by atoms with Crippen LogP contribution in [0.25, 0.3) is 0 Å². The summed E-state index contributed by atoms with van der Waals surface area (Å²) in [5.41, 5.74) is 0.461. The fraction of sp³-hybridized carbons (Fsp3) is 0.706. The van der Waals surface area contributed by atoms with E-state index in [0.717, 1.165) is 31.6 Å². The van der Waals surface area contributed by atoms with Crippen LogP contribution in [-0.2, 0) is 16.1 Å². The van der Waals surface area contributed by atoms with Crippen LogP contribution in [0.15, 0.2) is 6.20 Å². The molecule has 2 aliphatic heterocycles. The number of nitrogens with zero attached hydrogens (tertiary/aromatic N) is 4. The molecule has 7 heteroatoms. The maximum atomic E-state index is 12.9. The lowest BCUT2D eigenvalue weighted by Gasteiger charge is -2.42. The number of morpholine rings is 1. The molecule has 1 aromatic rings. The molecule has 1 unspecified atom stereocenters. The van der Waals surface area contributed by atoms with E-state index in [1.165, 1.54) is 0 Å². The van der Waals surface area contributed by atoms with Crippen molar-refractivity contribution in [3.8, 4) is 0 Å². The Labute approximate surface area is 142 Å². The van der Waals surface area contributed by atoms with Gasteiger partial charge in [0.1, 0.15) is 0 Å². The molecule has 2 fully saturated rings. The van der Waals surface area contributed by atoms with Crippen LogP contribution in [0, 0.1) is 6.92 Å². The van der Waals surface area contributed by atoms with E-state index in [-0.39, 0.29) is 11.8 Å². The number of ether oxygens (including phenoxy) is 1. The highest BCUT2D eigenvalue weighted by atomic mass is 16.5. The fourth-order valence-corrected chi connectivity index (χ4v) is 3.61. The van der Waals surface area contributed by atoms with Crippen LogP contribution in [0.1, 0.15) is 42.2 Å². The molecule has 0 N–H and O–H groups in total. The van der Waals surface area contributed by atoms with Gasteiger partial charge in [-0.05, 0) is 33.1 Å². The largest absolute Gasteiger partial charge is 0.361 e. The summed E-state index contributed by atoms with van der Waals surface area (Å²) < 4.78 is 7.70. The maximum Gasteiger partial charge on any atom is 0.257 e. The van der Waals surface area contributed by atoms with E-state index in [1.807, 2.05) is 20.9 Å². The summed E-state index contributed by atoms with van der Waals surface area (Å²) in [5, 5.41) is 4.35. The number of hydrogen-bond donors (Lipinski definition) is 0. The predicted octanol–water partition coefficient (Wildman–Crippen LogP) is 1.06. The molecule has 1 aromatic heterocycles. The number of likely N-dealkylation sites (N-methyl/N-ethyl adjacent to an activating group) is 1. The van der Waals surface area contributed by atoms with Crippen molar-refractivity contribution < 1.29 is 14.3 Å². The Morgan fingerprint density at radius 3 is 2.88 bits per heavy atom. The van der Waals surface area contributed by atoms with Crippen LogP contribution >= 0.6 is 0 Å². The highest BCUT2D eigenvalue weighted by Gasteiger charge is 2.47. The molecule has 24 heavy (non-hydrogen) atoms. The van der Waals surface area contributed by atoms with Crippen LogP contribution in [0.5, 0.6) is 0 Å². The van der Waals surface area contributed by atoms with Gasteiger partial charge in [0.2, 0.25) is 0 Å². The highest BCUT2D eigenvalue weighted by Crippen LogP contribution is 2.30. The molecule has 132 valence electrons. The third-order valence-corrected chi connectivity index (χ3v) is 5.03. The molecule has 0 aromatic carbocycles. The van der Waals surface area contributed by atoms with Gasteiger partial charge in [0.25, 0.3) is 11.8 Å². The predicted molar refractivity (Wildman–Crippen MR) is 88.7 cm³/mol. The molecule has 3 heterocycles. The van der Waals surface area contributed by atoms with Gasteiger partial charge in [0.05, 0.1) is 24.4 Å². The number of amides is 2. The van der Waals surface area contributed by atoms with Gasteiger partial charge in [-0.15, -0.1) is 0 Å². The molecule has 7 nitrogen and oxygen atoms in total. The first kappa shape index (κ1) is 17.0. The second-order valence-corrected chi connectivity index (χ2v) is 6.74. The molecule has 0 saturated carbocycles.